The molecule has 0 aliphatic rings. The van der Waals surface area contributed by atoms with Gasteiger partial charge in [0.05, 0.1) is 0 Å². The van der Waals surface area contributed by atoms with Gasteiger partial charge in [0.2, 0.25) is 5.91 Å². The monoisotopic (exact) mass is 333 g/mol. The molecule has 4 nitrogen and oxygen atoms in total. The fourth-order valence-electron chi connectivity index (χ4n) is 2.85. The molecule has 0 saturated carbocycles. The highest BCUT2D eigenvalue weighted by atomic mass is 16.4. The summed E-state index contributed by atoms with van der Waals surface area (Å²) < 4.78 is 0. The van der Waals surface area contributed by atoms with Crippen LogP contribution >= 0.6 is 0 Å². The average molecular weight is 333 g/mol. The first-order chi connectivity index (χ1) is 11.6. The Bertz CT molecular complexity index is 473. The van der Waals surface area contributed by atoms with Crippen LogP contribution in [-0.2, 0) is 16.0 Å². The number of benzene rings is 1. The predicted octanol–water partition coefficient (Wildman–Crippen LogP) is 4.33. The number of aryl methyl sites for hydroxylation is 1. The standard InChI is InChI=1S/C20H31NO3/c1-2-10-18(15-16-20(23)24)21-19(22)14-9-4-3-6-11-17-12-7-5-8-13-17/h5,7-8,12-13,18H,2-4,6,9-11,14-16H2,1H3,(H,21,22)(H,23,24). The van der Waals surface area contributed by atoms with Crippen molar-refractivity contribution >= 4 is 11.9 Å². The van der Waals surface area contributed by atoms with Gasteiger partial charge in [-0.05, 0) is 37.7 Å². The van der Waals surface area contributed by atoms with Crippen LogP contribution in [0.5, 0.6) is 0 Å². The van der Waals surface area contributed by atoms with E-state index in [9.17, 15) is 9.59 Å². The molecule has 0 bridgehead atoms. The second kappa shape index (κ2) is 12.6. The SMILES string of the molecule is CCCC(CCC(=O)O)NC(=O)CCCCCCc1ccccc1. The molecular weight excluding hydrogens is 302 g/mol. The minimum absolute atomic E-state index is 0.00307. The molecule has 1 aromatic rings. The van der Waals surface area contributed by atoms with E-state index in [1.165, 1.54) is 5.56 Å². The third-order valence-corrected chi connectivity index (χ3v) is 4.17. The minimum atomic E-state index is -0.802. The van der Waals surface area contributed by atoms with Crippen molar-refractivity contribution in [3.05, 3.63) is 35.9 Å². The molecule has 2 N–H and O–H groups in total. The number of carboxylic acids is 1. The van der Waals surface area contributed by atoms with E-state index in [4.69, 9.17) is 5.11 Å². The fraction of sp³-hybridized carbons (Fsp3) is 0.600. The van der Waals surface area contributed by atoms with Crippen LogP contribution in [0.25, 0.3) is 0 Å². The molecule has 0 saturated heterocycles. The number of unbranched alkanes of at least 4 members (excludes halogenated alkanes) is 3. The van der Waals surface area contributed by atoms with Crippen molar-refractivity contribution in [2.24, 2.45) is 0 Å². The maximum absolute atomic E-state index is 12.0. The van der Waals surface area contributed by atoms with Gasteiger partial charge in [0, 0.05) is 18.9 Å². The van der Waals surface area contributed by atoms with E-state index < -0.39 is 5.97 Å². The van der Waals surface area contributed by atoms with Gasteiger partial charge in [-0.3, -0.25) is 9.59 Å². The zero-order chi connectivity index (χ0) is 17.6. The number of nitrogens with one attached hydrogen (secondary N) is 1. The molecule has 0 aliphatic heterocycles. The molecule has 1 unspecified atom stereocenters. The molecule has 0 aliphatic carbocycles. The van der Waals surface area contributed by atoms with Gasteiger partial charge in [-0.1, -0.05) is 56.5 Å². The molecule has 1 aromatic carbocycles. The molecule has 24 heavy (non-hydrogen) atoms. The van der Waals surface area contributed by atoms with E-state index in [2.05, 4.69) is 29.6 Å². The average Bonchev–Trinajstić information content (AvgIpc) is 2.57. The van der Waals surface area contributed by atoms with Crippen molar-refractivity contribution in [2.45, 2.75) is 77.2 Å². The van der Waals surface area contributed by atoms with Crippen molar-refractivity contribution in [1.82, 2.24) is 5.32 Å². The predicted molar refractivity (Wildman–Crippen MR) is 96.9 cm³/mol. The maximum Gasteiger partial charge on any atom is 0.303 e. The zero-order valence-corrected chi connectivity index (χ0v) is 14.8. The number of carbonyl (C=O) groups is 2. The van der Waals surface area contributed by atoms with E-state index in [0.29, 0.717) is 12.8 Å². The van der Waals surface area contributed by atoms with Gasteiger partial charge in [-0.25, -0.2) is 0 Å². The summed E-state index contributed by atoms with van der Waals surface area (Å²) in [6.45, 7) is 2.05. The van der Waals surface area contributed by atoms with E-state index in [-0.39, 0.29) is 18.4 Å². The number of aliphatic carboxylic acids is 1. The Labute approximate surface area is 145 Å². The minimum Gasteiger partial charge on any atom is -0.481 e. The molecular formula is C20H31NO3. The number of rotatable bonds is 13. The van der Waals surface area contributed by atoms with Crippen molar-refractivity contribution in [3.8, 4) is 0 Å². The van der Waals surface area contributed by atoms with Gasteiger partial charge in [0.25, 0.3) is 0 Å². The summed E-state index contributed by atoms with van der Waals surface area (Å²) in [6.07, 6.45) is 8.32. The first-order valence-corrected chi connectivity index (χ1v) is 9.17. The number of carboxylic acid groups (broad SMARTS) is 1. The third kappa shape index (κ3) is 10.0. The lowest BCUT2D eigenvalue weighted by Gasteiger charge is -2.17. The highest BCUT2D eigenvalue weighted by molar-refractivity contribution is 5.76. The van der Waals surface area contributed by atoms with E-state index in [1.54, 1.807) is 0 Å². The molecule has 0 radical (unpaired) electrons. The first-order valence-electron chi connectivity index (χ1n) is 9.17. The Morgan fingerprint density at radius 1 is 1.00 bits per heavy atom. The lowest BCUT2D eigenvalue weighted by Crippen LogP contribution is -2.35. The van der Waals surface area contributed by atoms with Gasteiger partial charge in [-0.15, -0.1) is 0 Å². The van der Waals surface area contributed by atoms with Gasteiger partial charge in [-0.2, -0.15) is 0 Å². The maximum atomic E-state index is 12.0. The van der Waals surface area contributed by atoms with Crippen LogP contribution in [-0.4, -0.2) is 23.0 Å². The summed E-state index contributed by atoms with van der Waals surface area (Å²) >= 11 is 0. The van der Waals surface area contributed by atoms with Crippen LogP contribution in [0.1, 0.15) is 70.3 Å². The Kier molecular flexibility index (Phi) is 10.6. The number of carbonyl (C=O) groups excluding carboxylic acids is 1. The Morgan fingerprint density at radius 3 is 2.38 bits per heavy atom. The third-order valence-electron chi connectivity index (χ3n) is 4.17. The van der Waals surface area contributed by atoms with Gasteiger partial charge in [0.15, 0.2) is 0 Å². The van der Waals surface area contributed by atoms with E-state index >= 15 is 0 Å². The van der Waals surface area contributed by atoms with E-state index in [1.807, 2.05) is 13.0 Å². The van der Waals surface area contributed by atoms with Gasteiger partial charge >= 0.3 is 5.97 Å². The smallest absolute Gasteiger partial charge is 0.303 e. The van der Waals surface area contributed by atoms with Crippen molar-refractivity contribution in [2.75, 3.05) is 0 Å². The Balaban J connectivity index is 2.10. The number of amides is 1. The topological polar surface area (TPSA) is 66.4 Å². The van der Waals surface area contributed by atoms with Gasteiger partial charge in [0.1, 0.15) is 0 Å². The van der Waals surface area contributed by atoms with Crippen LogP contribution in [0.15, 0.2) is 30.3 Å². The summed E-state index contributed by atoms with van der Waals surface area (Å²) in [5, 5.41) is 11.7. The molecule has 134 valence electrons. The summed E-state index contributed by atoms with van der Waals surface area (Å²) in [4.78, 5) is 22.6. The normalized spacial score (nSPS) is 11.9. The molecule has 4 heteroatoms. The van der Waals surface area contributed by atoms with Crippen molar-refractivity contribution in [1.29, 1.82) is 0 Å². The highest BCUT2D eigenvalue weighted by Crippen LogP contribution is 2.10. The van der Waals surface area contributed by atoms with E-state index in [0.717, 1.165) is 44.9 Å². The number of hydrogen-bond donors (Lipinski definition) is 2. The van der Waals surface area contributed by atoms with Crippen LogP contribution in [0.2, 0.25) is 0 Å². The Hall–Kier alpha value is -1.84. The summed E-state index contributed by atoms with van der Waals surface area (Å²) in [6, 6.07) is 10.5. The second-order valence-electron chi connectivity index (χ2n) is 6.39. The lowest BCUT2D eigenvalue weighted by atomic mass is 10.0. The molecule has 0 fully saturated rings. The second-order valence-corrected chi connectivity index (χ2v) is 6.39. The first kappa shape index (κ1) is 20.2. The van der Waals surface area contributed by atoms with Crippen molar-refractivity contribution in [3.63, 3.8) is 0 Å². The molecule has 0 spiro atoms. The quantitative estimate of drug-likeness (QED) is 0.528. The fourth-order valence-corrected chi connectivity index (χ4v) is 2.85. The lowest BCUT2D eigenvalue weighted by molar-refractivity contribution is -0.137. The largest absolute Gasteiger partial charge is 0.481 e. The molecule has 0 aromatic heterocycles. The molecule has 1 rings (SSSR count). The van der Waals surface area contributed by atoms with Crippen molar-refractivity contribution < 1.29 is 14.7 Å². The molecule has 0 heterocycles. The van der Waals surface area contributed by atoms with Gasteiger partial charge < -0.3 is 10.4 Å². The summed E-state index contributed by atoms with van der Waals surface area (Å²) in [7, 11) is 0. The van der Waals surface area contributed by atoms with Crippen LogP contribution in [0.3, 0.4) is 0 Å². The highest BCUT2D eigenvalue weighted by Gasteiger charge is 2.12. The Morgan fingerprint density at radius 2 is 1.71 bits per heavy atom. The van der Waals surface area contributed by atoms with Crippen LogP contribution in [0.4, 0.5) is 0 Å². The van der Waals surface area contributed by atoms with Crippen LogP contribution < -0.4 is 5.32 Å². The molecule has 1 amide bonds. The van der Waals surface area contributed by atoms with Crippen LogP contribution in [0, 0.1) is 0 Å². The summed E-state index contributed by atoms with van der Waals surface area (Å²) in [5.41, 5.74) is 1.37. The zero-order valence-electron chi connectivity index (χ0n) is 14.8. The molecule has 1 atom stereocenters. The number of hydrogen-bond acceptors (Lipinski definition) is 2. The summed E-state index contributed by atoms with van der Waals surface area (Å²) in [5.74, 6) is -0.745.